The molecule has 0 radical (unpaired) electrons. The summed E-state index contributed by atoms with van der Waals surface area (Å²) in [6.45, 7) is 9.70. The number of likely N-dealkylation sites (N-methyl/N-ethyl adjacent to an activating group) is 1. The third-order valence-electron chi connectivity index (χ3n) is 4.94. The molecule has 1 saturated carbocycles. The van der Waals surface area contributed by atoms with E-state index < -0.39 is 0 Å². The highest BCUT2D eigenvalue weighted by atomic mass is 16.5. The summed E-state index contributed by atoms with van der Waals surface area (Å²) in [4.78, 5) is 0. The van der Waals surface area contributed by atoms with Crippen molar-refractivity contribution < 1.29 is 4.74 Å². The van der Waals surface area contributed by atoms with Crippen LogP contribution >= 0.6 is 0 Å². The smallest absolute Gasteiger partial charge is 0.0665 e. The number of benzene rings is 1. The Bertz CT molecular complexity index is 446. The number of rotatable bonds is 5. The van der Waals surface area contributed by atoms with Crippen LogP contribution < -0.4 is 5.32 Å². The van der Waals surface area contributed by atoms with Crippen molar-refractivity contribution in [2.75, 3.05) is 13.7 Å². The molecule has 0 heterocycles. The number of aryl methyl sites for hydroxylation is 3. The van der Waals surface area contributed by atoms with Gasteiger partial charge in [0, 0.05) is 0 Å². The first-order valence-electron chi connectivity index (χ1n) is 8.39. The fourth-order valence-corrected chi connectivity index (χ4v) is 3.80. The van der Waals surface area contributed by atoms with Crippen LogP contribution in [0.5, 0.6) is 0 Å². The average Bonchev–Trinajstić information content (AvgIpc) is 2.43. The first-order chi connectivity index (χ1) is 10.0. The first-order valence-corrected chi connectivity index (χ1v) is 8.39. The van der Waals surface area contributed by atoms with Gasteiger partial charge >= 0.3 is 0 Å². The zero-order valence-electron chi connectivity index (χ0n) is 14.3. The second-order valence-electron chi connectivity index (χ2n) is 6.79. The average molecular weight is 289 g/mol. The predicted octanol–water partition coefficient (Wildman–Crippen LogP) is 4.47. The molecule has 0 aromatic heterocycles. The van der Waals surface area contributed by atoms with E-state index in [0.29, 0.717) is 18.1 Å². The Hall–Kier alpha value is -0.860. The van der Waals surface area contributed by atoms with Crippen LogP contribution in [-0.2, 0) is 4.74 Å². The minimum Gasteiger partial charge on any atom is -0.376 e. The fourth-order valence-electron chi connectivity index (χ4n) is 3.80. The van der Waals surface area contributed by atoms with E-state index in [4.69, 9.17) is 4.74 Å². The topological polar surface area (TPSA) is 21.3 Å². The minimum atomic E-state index is 0.291. The molecule has 21 heavy (non-hydrogen) atoms. The normalized spacial score (nSPS) is 24.0. The quantitative estimate of drug-likeness (QED) is 0.863. The molecule has 1 fully saturated rings. The van der Waals surface area contributed by atoms with Gasteiger partial charge < -0.3 is 10.1 Å². The Morgan fingerprint density at radius 3 is 2.33 bits per heavy atom. The Morgan fingerprint density at radius 2 is 1.76 bits per heavy atom. The first kappa shape index (κ1) is 16.5. The molecule has 0 spiro atoms. The van der Waals surface area contributed by atoms with Crippen molar-refractivity contribution >= 4 is 0 Å². The predicted molar refractivity (Wildman–Crippen MR) is 89.8 cm³/mol. The van der Waals surface area contributed by atoms with E-state index in [2.05, 4.69) is 45.1 Å². The SMILES string of the molecule is CNC(COC1CCCCC1C)c1c(C)cc(C)cc1C. The second-order valence-corrected chi connectivity index (χ2v) is 6.79. The molecule has 1 aromatic carbocycles. The van der Waals surface area contributed by atoms with Crippen molar-refractivity contribution in [2.24, 2.45) is 5.92 Å². The van der Waals surface area contributed by atoms with E-state index in [9.17, 15) is 0 Å². The van der Waals surface area contributed by atoms with Crippen LogP contribution in [0.1, 0.15) is 60.9 Å². The van der Waals surface area contributed by atoms with Gasteiger partial charge in [-0.05, 0) is 63.3 Å². The highest BCUT2D eigenvalue weighted by Crippen LogP contribution is 2.29. The summed E-state index contributed by atoms with van der Waals surface area (Å²) in [7, 11) is 2.04. The molecule has 2 heteroatoms. The van der Waals surface area contributed by atoms with Gasteiger partial charge in [0.25, 0.3) is 0 Å². The van der Waals surface area contributed by atoms with Crippen LogP contribution in [0, 0.1) is 26.7 Å². The standard InChI is InChI=1S/C19H31NO/c1-13-10-15(3)19(16(4)11-13)17(20-5)12-21-18-9-7-6-8-14(18)2/h10-11,14,17-18,20H,6-9,12H2,1-5H3. The number of hydrogen-bond acceptors (Lipinski definition) is 2. The molecular formula is C19H31NO. The Labute approximate surface area is 130 Å². The molecule has 0 bridgehead atoms. The zero-order valence-corrected chi connectivity index (χ0v) is 14.3. The van der Waals surface area contributed by atoms with Crippen LogP contribution in [0.25, 0.3) is 0 Å². The lowest BCUT2D eigenvalue weighted by atomic mass is 9.88. The molecule has 1 aliphatic rings. The lowest BCUT2D eigenvalue weighted by Gasteiger charge is -2.31. The maximum absolute atomic E-state index is 6.28. The number of hydrogen-bond donors (Lipinski definition) is 1. The minimum absolute atomic E-state index is 0.291. The lowest BCUT2D eigenvalue weighted by molar-refractivity contribution is -0.0146. The van der Waals surface area contributed by atoms with Crippen LogP contribution in [0.2, 0.25) is 0 Å². The van der Waals surface area contributed by atoms with Crippen LogP contribution in [-0.4, -0.2) is 19.8 Å². The van der Waals surface area contributed by atoms with Crippen molar-refractivity contribution in [2.45, 2.75) is 65.5 Å². The van der Waals surface area contributed by atoms with E-state index in [-0.39, 0.29) is 0 Å². The molecular weight excluding hydrogens is 258 g/mol. The van der Waals surface area contributed by atoms with Gasteiger partial charge in [-0.25, -0.2) is 0 Å². The van der Waals surface area contributed by atoms with E-state index >= 15 is 0 Å². The molecule has 1 N–H and O–H groups in total. The summed E-state index contributed by atoms with van der Waals surface area (Å²) in [5.41, 5.74) is 5.48. The van der Waals surface area contributed by atoms with Crippen LogP contribution in [0.4, 0.5) is 0 Å². The molecule has 3 atom stereocenters. The van der Waals surface area contributed by atoms with Gasteiger partial charge in [-0.1, -0.05) is 37.5 Å². The zero-order chi connectivity index (χ0) is 15.4. The number of ether oxygens (including phenoxy) is 1. The highest BCUT2D eigenvalue weighted by molar-refractivity contribution is 5.39. The van der Waals surface area contributed by atoms with Gasteiger partial charge in [0.1, 0.15) is 0 Å². The van der Waals surface area contributed by atoms with Gasteiger partial charge in [0.15, 0.2) is 0 Å². The second kappa shape index (κ2) is 7.42. The summed E-state index contributed by atoms with van der Waals surface area (Å²) in [5, 5.41) is 3.45. The fraction of sp³-hybridized carbons (Fsp3) is 0.684. The maximum Gasteiger partial charge on any atom is 0.0665 e. The lowest BCUT2D eigenvalue weighted by Crippen LogP contribution is -2.31. The van der Waals surface area contributed by atoms with Gasteiger partial charge in [-0.3, -0.25) is 0 Å². The van der Waals surface area contributed by atoms with Crippen molar-refractivity contribution in [3.8, 4) is 0 Å². The molecule has 1 aliphatic carbocycles. The van der Waals surface area contributed by atoms with E-state index in [1.807, 2.05) is 7.05 Å². The van der Waals surface area contributed by atoms with Crippen molar-refractivity contribution in [3.05, 3.63) is 34.4 Å². The highest BCUT2D eigenvalue weighted by Gasteiger charge is 2.24. The molecule has 1 aromatic rings. The van der Waals surface area contributed by atoms with Crippen LogP contribution in [0.15, 0.2) is 12.1 Å². The van der Waals surface area contributed by atoms with Crippen molar-refractivity contribution in [3.63, 3.8) is 0 Å². The summed E-state index contributed by atoms with van der Waals surface area (Å²) in [6.07, 6.45) is 5.68. The molecule has 2 rings (SSSR count). The van der Waals surface area contributed by atoms with E-state index in [1.165, 1.54) is 47.9 Å². The number of nitrogens with one attached hydrogen (secondary N) is 1. The summed E-state index contributed by atoms with van der Waals surface area (Å²) >= 11 is 0. The third-order valence-corrected chi connectivity index (χ3v) is 4.94. The summed E-state index contributed by atoms with van der Waals surface area (Å²) < 4.78 is 6.28. The largest absolute Gasteiger partial charge is 0.376 e. The third kappa shape index (κ3) is 4.08. The molecule has 3 unspecified atom stereocenters. The van der Waals surface area contributed by atoms with Gasteiger partial charge in [0.05, 0.1) is 18.8 Å². The van der Waals surface area contributed by atoms with Gasteiger partial charge in [-0.15, -0.1) is 0 Å². The summed E-state index contributed by atoms with van der Waals surface area (Å²) in [6, 6.07) is 4.84. The molecule has 0 amide bonds. The Morgan fingerprint density at radius 1 is 1.14 bits per heavy atom. The monoisotopic (exact) mass is 289 g/mol. The molecule has 118 valence electrons. The van der Waals surface area contributed by atoms with Gasteiger partial charge in [0.2, 0.25) is 0 Å². The van der Waals surface area contributed by atoms with Crippen LogP contribution in [0.3, 0.4) is 0 Å². The van der Waals surface area contributed by atoms with E-state index in [1.54, 1.807) is 0 Å². The molecule has 2 nitrogen and oxygen atoms in total. The van der Waals surface area contributed by atoms with Crippen molar-refractivity contribution in [1.29, 1.82) is 0 Å². The van der Waals surface area contributed by atoms with Gasteiger partial charge in [-0.2, -0.15) is 0 Å². The Kier molecular flexibility index (Phi) is 5.83. The maximum atomic E-state index is 6.28. The summed E-state index contributed by atoms with van der Waals surface area (Å²) in [5.74, 6) is 0.705. The molecule has 0 aliphatic heterocycles. The van der Waals surface area contributed by atoms with Crippen molar-refractivity contribution in [1.82, 2.24) is 5.32 Å². The molecule has 0 saturated heterocycles. The Balaban J connectivity index is 2.06. The van der Waals surface area contributed by atoms with E-state index in [0.717, 1.165) is 6.61 Å².